The molecule has 1 aromatic carbocycles. The number of nitrogens with zero attached hydrogens (tertiary/aromatic N) is 2. The second-order valence-electron chi connectivity index (χ2n) is 5.20. The second kappa shape index (κ2) is 7.81. The van der Waals surface area contributed by atoms with Crippen molar-refractivity contribution < 1.29 is 8.42 Å². The van der Waals surface area contributed by atoms with Crippen LogP contribution in [0.5, 0.6) is 0 Å². The molecule has 0 radical (unpaired) electrons. The van der Waals surface area contributed by atoms with Gasteiger partial charge in [-0.3, -0.25) is 4.99 Å². The molecule has 24 heavy (non-hydrogen) atoms. The minimum atomic E-state index is -3.63. The molecule has 0 spiro atoms. The summed E-state index contributed by atoms with van der Waals surface area (Å²) >= 11 is 1.17. The lowest BCUT2D eigenvalue weighted by molar-refractivity contribution is 0.600. The number of hydrogen-bond donors (Lipinski definition) is 2. The predicted octanol–water partition coefficient (Wildman–Crippen LogP) is 2.15. The molecule has 3 rings (SSSR count). The van der Waals surface area contributed by atoms with Crippen LogP contribution in [-0.2, 0) is 23.0 Å². The molecule has 3 N–H and O–H groups in total. The number of fused-ring (bicyclic) bond motifs is 1. The van der Waals surface area contributed by atoms with Gasteiger partial charge < -0.3 is 10.2 Å². The zero-order valence-electron chi connectivity index (χ0n) is 13.1. The highest BCUT2D eigenvalue weighted by atomic mass is 127. The monoisotopic (exact) mass is 478 g/mol. The van der Waals surface area contributed by atoms with Crippen molar-refractivity contribution in [2.24, 2.45) is 10.1 Å². The van der Waals surface area contributed by atoms with Gasteiger partial charge in [-0.15, -0.1) is 35.3 Å². The number of halogens is 1. The fourth-order valence-corrected chi connectivity index (χ4v) is 4.34. The van der Waals surface area contributed by atoms with Crippen LogP contribution in [0.15, 0.2) is 45.6 Å². The van der Waals surface area contributed by atoms with Gasteiger partial charge in [-0.2, -0.15) is 0 Å². The third kappa shape index (κ3) is 4.08. The van der Waals surface area contributed by atoms with Gasteiger partial charge in [0, 0.05) is 24.2 Å². The Balaban J connectivity index is 0.00000208. The Bertz CT molecular complexity index is 849. The molecule has 130 valence electrons. The maximum atomic E-state index is 11.3. The normalized spacial score (nSPS) is 14.2. The van der Waals surface area contributed by atoms with E-state index in [0.29, 0.717) is 6.54 Å². The molecule has 0 saturated heterocycles. The van der Waals surface area contributed by atoms with Crippen molar-refractivity contribution in [3.05, 3.63) is 46.8 Å². The molecule has 1 aromatic heterocycles. The first kappa shape index (κ1) is 19.2. The average molecular weight is 478 g/mol. The van der Waals surface area contributed by atoms with Gasteiger partial charge in [0.15, 0.2) is 5.96 Å². The molecular formula is C15H19IN4O2S2. The van der Waals surface area contributed by atoms with Gasteiger partial charge in [-0.05, 0) is 30.2 Å². The van der Waals surface area contributed by atoms with Crippen molar-refractivity contribution >= 4 is 57.0 Å². The van der Waals surface area contributed by atoms with Gasteiger partial charge in [-0.25, -0.2) is 13.6 Å². The molecule has 9 heteroatoms. The third-order valence-electron chi connectivity index (χ3n) is 3.69. The molecule has 2 aromatic rings. The summed E-state index contributed by atoms with van der Waals surface area (Å²) in [5, 5.41) is 8.42. The largest absolute Gasteiger partial charge is 0.351 e. The van der Waals surface area contributed by atoms with E-state index >= 15 is 0 Å². The molecule has 0 amide bonds. The van der Waals surface area contributed by atoms with Crippen molar-refractivity contribution in [1.82, 2.24) is 5.32 Å². The Hall–Kier alpha value is -1.17. The molecule has 1 aliphatic heterocycles. The summed E-state index contributed by atoms with van der Waals surface area (Å²) in [7, 11) is -1.89. The lowest BCUT2D eigenvalue weighted by Crippen LogP contribution is -2.40. The number of benzene rings is 1. The smallest absolute Gasteiger partial charge is 0.247 e. The molecule has 0 atom stereocenters. The lowest BCUT2D eigenvalue weighted by atomic mass is 10.2. The molecule has 0 fully saturated rings. The van der Waals surface area contributed by atoms with Crippen LogP contribution in [0.25, 0.3) is 0 Å². The zero-order valence-corrected chi connectivity index (χ0v) is 17.1. The van der Waals surface area contributed by atoms with Crippen molar-refractivity contribution in [3.63, 3.8) is 0 Å². The number of hydrogen-bond acceptors (Lipinski definition) is 4. The standard InChI is InChI=1S/C15H18N4O2S2.HI/c1-17-15(19-9-8-11-4-2-3-5-13(11)19)18-10-12-6-7-14(22-12)23(16,20)21;/h2-7H,8-10H2,1H3,(H,17,18)(H2,16,20,21);1H. The van der Waals surface area contributed by atoms with Gasteiger partial charge in [0.05, 0.1) is 6.54 Å². The summed E-state index contributed by atoms with van der Waals surface area (Å²) in [4.78, 5) is 7.37. The number of aliphatic imine (C=N–C) groups is 1. The molecular weight excluding hydrogens is 459 g/mol. The number of anilines is 1. The Morgan fingerprint density at radius 1 is 1.33 bits per heavy atom. The number of nitrogens with two attached hydrogens (primary N) is 1. The second-order valence-corrected chi connectivity index (χ2v) is 8.15. The van der Waals surface area contributed by atoms with E-state index in [9.17, 15) is 8.42 Å². The molecule has 0 saturated carbocycles. The minimum Gasteiger partial charge on any atom is -0.351 e. The number of guanidine groups is 1. The van der Waals surface area contributed by atoms with Gasteiger partial charge in [0.1, 0.15) is 4.21 Å². The van der Waals surface area contributed by atoms with Crippen LogP contribution < -0.4 is 15.4 Å². The van der Waals surface area contributed by atoms with E-state index in [1.807, 2.05) is 12.1 Å². The summed E-state index contributed by atoms with van der Waals surface area (Å²) in [6, 6.07) is 11.6. The van der Waals surface area contributed by atoms with Crippen molar-refractivity contribution in [1.29, 1.82) is 0 Å². The zero-order chi connectivity index (χ0) is 16.4. The molecule has 1 aliphatic rings. The maximum Gasteiger partial charge on any atom is 0.247 e. The topological polar surface area (TPSA) is 87.8 Å². The molecule has 6 nitrogen and oxygen atoms in total. The summed E-state index contributed by atoms with van der Waals surface area (Å²) < 4.78 is 22.8. The van der Waals surface area contributed by atoms with Crippen molar-refractivity contribution in [2.45, 2.75) is 17.2 Å². The van der Waals surface area contributed by atoms with E-state index in [2.05, 4.69) is 27.3 Å². The number of primary sulfonamides is 1. The molecule has 0 unspecified atom stereocenters. The Labute approximate surface area is 162 Å². The Morgan fingerprint density at radius 2 is 2.08 bits per heavy atom. The van der Waals surface area contributed by atoms with Crippen LogP contribution in [0.3, 0.4) is 0 Å². The fourth-order valence-electron chi connectivity index (χ4n) is 2.63. The van der Waals surface area contributed by atoms with E-state index in [4.69, 9.17) is 5.14 Å². The van der Waals surface area contributed by atoms with Crippen molar-refractivity contribution in [3.8, 4) is 0 Å². The third-order valence-corrected chi connectivity index (χ3v) is 6.22. The highest BCUT2D eigenvalue weighted by Gasteiger charge is 2.22. The van der Waals surface area contributed by atoms with E-state index in [1.54, 1.807) is 13.1 Å². The highest BCUT2D eigenvalue weighted by Crippen LogP contribution is 2.27. The van der Waals surface area contributed by atoms with Crippen LogP contribution in [0.4, 0.5) is 5.69 Å². The Kier molecular flexibility index (Phi) is 6.23. The van der Waals surface area contributed by atoms with Gasteiger partial charge >= 0.3 is 0 Å². The summed E-state index contributed by atoms with van der Waals surface area (Å²) in [5.41, 5.74) is 2.47. The maximum absolute atomic E-state index is 11.3. The van der Waals surface area contributed by atoms with Crippen LogP contribution in [-0.4, -0.2) is 28.0 Å². The predicted molar refractivity (Wildman–Crippen MR) is 109 cm³/mol. The van der Waals surface area contributed by atoms with Crippen LogP contribution in [0.1, 0.15) is 10.4 Å². The van der Waals surface area contributed by atoms with Gasteiger partial charge in [0.2, 0.25) is 10.0 Å². The van der Waals surface area contributed by atoms with E-state index < -0.39 is 10.0 Å². The van der Waals surface area contributed by atoms with E-state index in [0.717, 1.165) is 29.5 Å². The lowest BCUT2D eigenvalue weighted by Gasteiger charge is -2.22. The van der Waals surface area contributed by atoms with Crippen molar-refractivity contribution in [2.75, 3.05) is 18.5 Å². The summed E-state index contributed by atoms with van der Waals surface area (Å²) in [6.07, 6.45) is 0.992. The first-order chi connectivity index (χ1) is 11.0. The minimum absolute atomic E-state index is 0. The summed E-state index contributed by atoms with van der Waals surface area (Å²) in [5.74, 6) is 0.778. The van der Waals surface area contributed by atoms with E-state index in [1.165, 1.54) is 23.0 Å². The molecule has 0 bridgehead atoms. The number of nitrogens with one attached hydrogen (secondary N) is 1. The van der Waals surface area contributed by atoms with Gasteiger partial charge in [-0.1, -0.05) is 18.2 Å². The first-order valence-electron chi connectivity index (χ1n) is 7.16. The van der Waals surface area contributed by atoms with Crippen LogP contribution in [0.2, 0.25) is 0 Å². The van der Waals surface area contributed by atoms with Crippen LogP contribution in [0, 0.1) is 0 Å². The highest BCUT2D eigenvalue weighted by molar-refractivity contribution is 14.0. The number of rotatable bonds is 3. The number of thiophene rings is 1. The molecule has 2 heterocycles. The molecule has 0 aliphatic carbocycles. The van der Waals surface area contributed by atoms with Gasteiger partial charge in [0.25, 0.3) is 0 Å². The number of para-hydroxylation sites is 1. The van der Waals surface area contributed by atoms with E-state index in [-0.39, 0.29) is 28.2 Å². The van der Waals surface area contributed by atoms with Crippen LogP contribution >= 0.6 is 35.3 Å². The SMILES string of the molecule is CN=C(NCc1ccc(S(N)(=O)=O)s1)N1CCc2ccccc21.I. The summed E-state index contributed by atoms with van der Waals surface area (Å²) in [6.45, 7) is 1.39. The Morgan fingerprint density at radius 3 is 2.75 bits per heavy atom. The average Bonchev–Trinajstić information content (AvgIpc) is 3.15. The fraction of sp³-hybridized carbons (Fsp3) is 0.267. The first-order valence-corrected chi connectivity index (χ1v) is 9.53. The number of sulfonamides is 1. The quantitative estimate of drug-likeness (QED) is 0.402.